The van der Waals surface area contributed by atoms with E-state index in [0.29, 0.717) is 6.04 Å². The molecule has 0 bridgehead atoms. The third-order valence-corrected chi connectivity index (χ3v) is 3.08. The first kappa shape index (κ1) is 9.53. The molecule has 76 valence electrons. The molecule has 0 amide bonds. The van der Waals surface area contributed by atoms with Crippen molar-refractivity contribution in [1.29, 1.82) is 0 Å². The number of anilines is 1. The van der Waals surface area contributed by atoms with E-state index in [1.54, 1.807) is 0 Å². The summed E-state index contributed by atoms with van der Waals surface area (Å²) in [4.78, 5) is 0. The Balaban J connectivity index is 2.34. The topological polar surface area (TPSA) is 38.0 Å². The van der Waals surface area contributed by atoms with Crippen molar-refractivity contribution in [2.24, 2.45) is 0 Å². The molecule has 2 nitrogen and oxygen atoms in total. The summed E-state index contributed by atoms with van der Waals surface area (Å²) in [5.74, 6) is 0. The zero-order chi connectivity index (χ0) is 10.1. The molecule has 0 radical (unpaired) electrons. The summed E-state index contributed by atoms with van der Waals surface area (Å²) >= 11 is 0. The minimum atomic E-state index is 0.549. The fourth-order valence-corrected chi connectivity index (χ4v) is 2.18. The Morgan fingerprint density at radius 2 is 1.93 bits per heavy atom. The van der Waals surface area contributed by atoms with Crippen molar-refractivity contribution < 1.29 is 0 Å². The number of hydrogen-bond donors (Lipinski definition) is 2. The van der Waals surface area contributed by atoms with Crippen molar-refractivity contribution in [3.05, 3.63) is 28.8 Å². The van der Waals surface area contributed by atoms with Crippen LogP contribution in [0.25, 0.3) is 0 Å². The minimum Gasteiger partial charge on any atom is -0.398 e. The van der Waals surface area contributed by atoms with Crippen molar-refractivity contribution in [3.8, 4) is 0 Å². The van der Waals surface area contributed by atoms with Gasteiger partial charge in [0.2, 0.25) is 0 Å². The van der Waals surface area contributed by atoms with Crippen molar-refractivity contribution in [1.82, 2.24) is 5.32 Å². The van der Waals surface area contributed by atoms with Crippen LogP contribution in [-0.2, 0) is 0 Å². The monoisotopic (exact) mass is 190 g/mol. The second-order valence-corrected chi connectivity index (χ2v) is 4.22. The molecular formula is C12H18N2. The molecule has 1 aliphatic rings. The molecule has 2 heteroatoms. The van der Waals surface area contributed by atoms with Crippen molar-refractivity contribution in [2.45, 2.75) is 32.7 Å². The molecule has 1 heterocycles. The van der Waals surface area contributed by atoms with Gasteiger partial charge in [0.05, 0.1) is 0 Å². The van der Waals surface area contributed by atoms with Gasteiger partial charge in [0.25, 0.3) is 0 Å². The predicted molar refractivity (Wildman–Crippen MR) is 60.3 cm³/mol. The molecule has 1 fully saturated rings. The number of benzene rings is 1. The number of nitrogens with one attached hydrogen (secondary N) is 1. The van der Waals surface area contributed by atoms with Crippen LogP contribution in [0.4, 0.5) is 5.69 Å². The van der Waals surface area contributed by atoms with Crippen LogP contribution in [0.2, 0.25) is 0 Å². The number of aryl methyl sites for hydroxylation is 2. The molecule has 3 N–H and O–H groups in total. The quantitative estimate of drug-likeness (QED) is 0.667. The second kappa shape index (κ2) is 3.62. The number of nitrogens with two attached hydrogens (primary N) is 1. The van der Waals surface area contributed by atoms with Gasteiger partial charge >= 0.3 is 0 Å². The van der Waals surface area contributed by atoms with Crippen LogP contribution in [0.15, 0.2) is 12.1 Å². The maximum atomic E-state index is 5.93. The Labute approximate surface area is 85.5 Å². The number of rotatable bonds is 1. The normalized spacial score (nSPS) is 21.4. The third kappa shape index (κ3) is 1.62. The van der Waals surface area contributed by atoms with Crippen molar-refractivity contribution in [2.75, 3.05) is 12.3 Å². The summed E-state index contributed by atoms with van der Waals surface area (Å²) in [5, 5.41) is 3.51. The Bertz CT molecular complexity index is 315. The number of nitrogen functional groups attached to an aromatic ring is 1. The summed E-state index contributed by atoms with van der Waals surface area (Å²) in [5.41, 5.74) is 10.7. The molecule has 1 atom stereocenters. The third-order valence-electron chi connectivity index (χ3n) is 3.08. The van der Waals surface area contributed by atoms with Crippen LogP contribution < -0.4 is 11.1 Å². The zero-order valence-corrected chi connectivity index (χ0v) is 8.93. The van der Waals surface area contributed by atoms with Crippen LogP contribution in [0.3, 0.4) is 0 Å². The maximum absolute atomic E-state index is 5.93. The Morgan fingerprint density at radius 1 is 1.29 bits per heavy atom. The zero-order valence-electron chi connectivity index (χ0n) is 8.93. The molecule has 0 saturated carbocycles. The van der Waals surface area contributed by atoms with E-state index in [9.17, 15) is 0 Å². The first-order chi connectivity index (χ1) is 6.68. The van der Waals surface area contributed by atoms with E-state index in [-0.39, 0.29) is 0 Å². The van der Waals surface area contributed by atoms with E-state index in [0.717, 1.165) is 12.2 Å². The van der Waals surface area contributed by atoms with Crippen molar-refractivity contribution in [3.63, 3.8) is 0 Å². The molecule has 0 spiro atoms. The Hall–Kier alpha value is -1.02. The Morgan fingerprint density at radius 3 is 2.43 bits per heavy atom. The van der Waals surface area contributed by atoms with E-state index in [4.69, 9.17) is 5.73 Å². The lowest BCUT2D eigenvalue weighted by Gasteiger charge is -2.14. The van der Waals surface area contributed by atoms with Crippen LogP contribution in [0.5, 0.6) is 0 Å². The van der Waals surface area contributed by atoms with Gasteiger partial charge in [0, 0.05) is 11.7 Å². The van der Waals surface area contributed by atoms with E-state index < -0.39 is 0 Å². The van der Waals surface area contributed by atoms with Gasteiger partial charge in [-0.15, -0.1) is 0 Å². The van der Waals surface area contributed by atoms with Gasteiger partial charge in [-0.05, 0) is 49.9 Å². The van der Waals surface area contributed by atoms with Crippen LogP contribution >= 0.6 is 0 Å². The van der Waals surface area contributed by atoms with Gasteiger partial charge in [0.1, 0.15) is 0 Å². The minimum absolute atomic E-state index is 0.549. The predicted octanol–water partition coefficient (Wildman–Crippen LogP) is 2.31. The Kier molecular flexibility index (Phi) is 2.46. The molecular weight excluding hydrogens is 172 g/mol. The van der Waals surface area contributed by atoms with E-state index in [1.807, 2.05) is 0 Å². The summed E-state index contributed by atoms with van der Waals surface area (Å²) in [6, 6.07) is 4.98. The highest BCUT2D eigenvalue weighted by atomic mass is 14.9. The smallest absolute Gasteiger partial charge is 0.0373 e. The highest BCUT2D eigenvalue weighted by Crippen LogP contribution is 2.27. The van der Waals surface area contributed by atoms with Gasteiger partial charge in [-0.1, -0.05) is 12.1 Å². The van der Waals surface area contributed by atoms with Crippen LogP contribution in [0, 0.1) is 13.8 Å². The summed E-state index contributed by atoms with van der Waals surface area (Å²) in [6.45, 7) is 5.31. The first-order valence-electron chi connectivity index (χ1n) is 5.28. The highest BCUT2D eigenvalue weighted by Gasteiger charge is 2.16. The average molecular weight is 190 g/mol. The molecule has 0 aliphatic carbocycles. The van der Waals surface area contributed by atoms with Crippen LogP contribution in [0.1, 0.15) is 35.6 Å². The standard InChI is InChI=1S/C12H18N2/c1-8-6-10(7-9(2)12(8)13)11-4-3-5-14-11/h6-7,11,14H,3-5,13H2,1-2H3/t11-/m1/s1. The molecule has 0 aromatic heterocycles. The molecule has 0 unspecified atom stereocenters. The maximum Gasteiger partial charge on any atom is 0.0373 e. The van der Waals surface area contributed by atoms with E-state index in [2.05, 4.69) is 31.3 Å². The summed E-state index contributed by atoms with van der Waals surface area (Å²) < 4.78 is 0. The SMILES string of the molecule is Cc1cc([C@H]2CCCN2)cc(C)c1N. The number of hydrogen-bond acceptors (Lipinski definition) is 2. The van der Waals surface area contributed by atoms with Gasteiger partial charge in [-0.25, -0.2) is 0 Å². The second-order valence-electron chi connectivity index (χ2n) is 4.22. The highest BCUT2D eigenvalue weighted by molar-refractivity contribution is 5.54. The van der Waals surface area contributed by atoms with Gasteiger partial charge in [0.15, 0.2) is 0 Å². The van der Waals surface area contributed by atoms with E-state index in [1.165, 1.54) is 29.5 Å². The van der Waals surface area contributed by atoms with Gasteiger partial charge < -0.3 is 11.1 Å². The molecule has 1 aromatic carbocycles. The largest absolute Gasteiger partial charge is 0.398 e. The average Bonchev–Trinajstić information content (AvgIpc) is 2.66. The summed E-state index contributed by atoms with van der Waals surface area (Å²) in [7, 11) is 0. The molecule has 2 rings (SSSR count). The van der Waals surface area contributed by atoms with Gasteiger partial charge in [-0.3, -0.25) is 0 Å². The summed E-state index contributed by atoms with van der Waals surface area (Å²) in [6.07, 6.45) is 2.54. The lowest BCUT2D eigenvalue weighted by Crippen LogP contribution is -2.13. The lowest BCUT2D eigenvalue weighted by atomic mass is 9.99. The molecule has 1 aromatic rings. The molecule has 1 aliphatic heterocycles. The van der Waals surface area contributed by atoms with E-state index >= 15 is 0 Å². The molecule has 14 heavy (non-hydrogen) atoms. The lowest BCUT2D eigenvalue weighted by molar-refractivity contribution is 0.647. The van der Waals surface area contributed by atoms with Gasteiger partial charge in [-0.2, -0.15) is 0 Å². The molecule has 1 saturated heterocycles. The first-order valence-corrected chi connectivity index (χ1v) is 5.28. The van der Waals surface area contributed by atoms with Crippen molar-refractivity contribution >= 4 is 5.69 Å². The fourth-order valence-electron chi connectivity index (χ4n) is 2.18. The van der Waals surface area contributed by atoms with Crippen LogP contribution in [-0.4, -0.2) is 6.54 Å². The fraction of sp³-hybridized carbons (Fsp3) is 0.500.